The van der Waals surface area contributed by atoms with Gasteiger partial charge in [0.2, 0.25) is 5.16 Å². The monoisotopic (exact) mass is 402 g/mol. The molecule has 0 N–H and O–H groups in total. The minimum Gasteiger partial charge on any atom is -0.255 e. The summed E-state index contributed by atoms with van der Waals surface area (Å²) < 4.78 is 1.76. The van der Waals surface area contributed by atoms with E-state index in [1.165, 1.54) is 0 Å². The van der Waals surface area contributed by atoms with Crippen LogP contribution in [0.2, 0.25) is 0 Å². The second-order valence-electron chi connectivity index (χ2n) is 5.98. The molecular weight excluding hydrogens is 388 g/mol. The molecule has 0 amide bonds. The number of rotatable bonds is 5. The summed E-state index contributed by atoms with van der Waals surface area (Å²) in [6, 6.07) is 19.8. The van der Waals surface area contributed by atoms with Gasteiger partial charge in [0.05, 0.1) is 11.4 Å². The number of pyridine rings is 1. The van der Waals surface area contributed by atoms with Gasteiger partial charge in [-0.15, -0.1) is 21.5 Å². The predicted molar refractivity (Wildman–Crippen MR) is 111 cm³/mol. The Kier molecular flexibility index (Phi) is 4.56. The van der Waals surface area contributed by atoms with Crippen molar-refractivity contribution in [3.63, 3.8) is 0 Å². The van der Waals surface area contributed by atoms with Gasteiger partial charge in [-0.05, 0) is 24.3 Å². The van der Waals surface area contributed by atoms with Crippen molar-refractivity contribution >= 4 is 28.7 Å². The fraction of sp³-hybridized carbons (Fsp3) is 0.0500. The van der Waals surface area contributed by atoms with Crippen LogP contribution in [0.1, 0.15) is 5.69 Å². The number of nitrogens with zero attached hydrogens (tertiary/aromatic N) is 6. The molecule has 28 heavy (non-hydrogen) atoms. The second kappa shape index (κ2) is 7.49. The lowest BCUT2D eigenvalue weighted by molar-refractivity contribution is 0.811. The highest BCUT2D eigenvalue weighted by Crippen LogP contribution is 2.27. The van der Waals surface area contributed by atoms with Crippen LogP contribution in [0.5, 0.6) is 0 Å². The SMILES string of the molecule is c1ccc(-c2nc(CSc3nnc4ccc(-c5ccccn5)nn34)cs2)cc1. The quantitative estimate of drug-likeness (QED) is 0.400. The van der Waals surface area contributed by atoms with E-state index in [2.05, 4.69) is 37.8 Å². The van der Waals surface area contributed by atoms with Crippen LogP contribution in [0.15, 0.2) is 77.4 Å². The number of benzene rings is 1. The van der Waals surface area contributed by atoms with Crippen molar-refractivity contribution in [1.29, 1.82) is 0 Å². The molecular formula is C20H14N6S2. The van der Waals surface area contributed by atoms with Crippen molar-refractivity contribution in [2.24, 2.45) is 0 Å². The average Bonchev–Trinajstić information content (AvgIpc) is 3.40. The second-order valence-corrected chi connectivity index (χ2v) is 7.79. The number of fused-ring (bicyclic) bond motifs is 1. The molecule has 0 bridgehead atoms. The van der Waals surface area contributed by atoms with Crippen LogP contribution < -0.4 is 0 Å². The highest BCUT2D eigenvalue weighted by molar-refractivity contribution is 7.98. The first-order valence-corrected chi connectivity index (χ1v) is 10.5. The molecule has 0 saturated heterocycles. The van der Waals surface area contributed by atoms with E-state index in [0.717, 1.165) is 32.8 Å². The Morgan fingerprint density at radius 1 is 0.893 bits per heavy atom. The van der Waals surface area contributed by atoms with E-state index in [1.807, 2.05) is 48.5 Å². The molecule has 0 fully saturated rings. The lowest BCUT2D eigenvalue weighted by Crippen LogP contribution is -1.97. The van der Waals surface area contributed by atoms with Crippen molar-refractivity contribution in [3.8, 4) is 22.0 Å². The Labute approximate surface area is 169 Å². The van der Waals surface area contributed by atoms with Crippen LogP contribution >= 0.6 is 23.1 Å². The van der Waals surface area contributed by atoms with E-state index in [-0.39, 0.29) is 0 Å². The van der Waals surface area contributed by atoms with Gasteiger partial charge in [-0.25, -0.2) is 4.98 Å². The Balaban J connectivity index is 1.38. The van der Waals surface area contributed by atoms with E-state index >= 15 is 0 Å². The molecule has 4 aromatic heterocycles. The third kappa shape index (κ3) is 3.39. The van der Waals surface area contributed by atoms with E-state index in [4.69, 9.17) is 4.98 Å². The van der Waals surface area contributed by atoms with Crippen molar-refractivity contribution in [2.45, 2.75) is 10.9 Å². The van der Waals surface area contributed by atoms with Gasteiger partial charge >= 0.3 is 0 Å². The highest BCUT2D eigenvalue weighted by Gasteiger charge is 2.11. The lowest BCUT2D eigenvalue weighted by Gasteiger charge is -2.02. The molecule has 136 valence electrons. The van der Waals surface area contributed by atoms with E-state index in [1.54, 1.807) is 33.8 Å². The molecule has 0 saturated carbocycles. The first-order valence-electron chi connectivity index (χ1n) is 8.63. The van der Waals surface area contributed by atoms with Crippen LogP contribution in [0.4, 0.5) is 0 Å². The zero-order chi connectivity index (χ0) is 18.8. The molecule has 5 rings (SSSR count). The summed E-state index contributed by atoms with van der Waals surface area (Å²) >= 11 is 3.22. The van der Waals surface area contributed by atoms with Crippen molar-refractivity contribution in [2.75, 3.05) is 0 Å². The summed E-state index contributed by atoms with van der Waals surface area (Å²) in [7, 11) is 0. The first-order chi connectivity index (χ1) is 13.9. The summed E-state index contributed by atoms with van der Waals surface area (Å²) in [5.74, 6) is 0.708. The molecule has 0 radical (unpaired) electrons. The van der Waals surface area contributed by atoms with Crippen LogP contribution in [0.25, 0.3) is 27.6 Å². The van der Waals surface area contributed by atoms with Gasteiger partial charge in [-0.1, -0.05) is 48.2 Å². The van der Waals surface area contributed by atoms with Gasteiger partial charge < -0.3 is 0 Å². The summed E-state index contributed by atoms with van der Waals surface area (Å²) in [6.07, 6.45) is 1.76. The van der Waals surface area contributed by atoms with E-state index < -0.39 is 0 Å². The summed E-state index contributed by atoms with van der Waals surface area (Å²) in [5.41, 5.74) is 4.48. The Bertz CT molecular complexity index is 1220. The van der Waals surface area contributed by atoms with Gasteiger partial charge in [-0.3, -0.25) is 4.98 Å². The summed E-state index contributed by atoms with van der Waals surface area (Å²) in [5, 5.41) is 17.0. The number of hydrogen-bond acceptors (Lipinski definition) is 7. The fourth-order valence-electron chi connectivity index (χ4n) is 2.74. The molecule has 0 unspecified atom stereocenters. The van der Waals surface area contributed by atoms with Crippen LogP contribution in [-0.2, 0) is 5.75 Å². The molecule has 0 aliphatic heterocycles. The number of thiazole rings is 1. The maximum Gasteiger partial charge on any atom is 0.212 e. The largest absolute Gasteiger partial charge is 0.255 e. The van der Waals surface area contributed by atoms with Crippen molar-refractivity contribution in [1.82, 2.24) is 29.8 Å². The van der Waals surface area contributed by atoms with Crippen LogP contribution in [-0.4, -0.2) is 29.8 Å². The third-order valence-electron chi connectivity index (χ3n) is 4.08. The predicted octanol–water partition coefficient (Wildman–Crippen LogP) is 4.60. The first kappa shape index (κ1) is 17.0. The van der Waals surface area contributed by atoms with Gasteiger partial charge in [0, 0.05) is 22.9 Å². The van der Waals surface area contributed by atoms with E-state index in [0.29, 0.717) is 11.4 Å². The zero-order valence-electron chi connectivity index (χ0n) is 14.6. The van der Waals surface area contributed by atoms with Crippen molar-refractivity contribution < 1.29 is 0 Å². The minimum atomic E-state index is 0.708. The topological polar surface area (TPSA) is 68.9 Å². The molecule has 0 aliphatic carbocycles. The average molecular weight is 403 g/mol. The number of thioether (sulfide) groups is 1. The van der Waals surface area contributed by atoms with Crippen LogP contribution in [0.3, 0.4) is 0 Å². The molecule has 0 spiro atoms. The van der Waals surface area contributed by atoms with Gasteiger partial charge in [0.25, 0.3) is 0 Å². The number of hydrogen-bond donors (Lipinski definition) is 0. The highest BCUT2D eigenvalue weighted by atomic mass is 32.2. The molecule has 0 atom stereocenters. The number of aromatic nitrogens is 6. The minimum absolute atomic E-state index is 0.708. The summed E-state index contributed by atoms with van der Waals surface area (Å²) in [4.78, 5) is 9.10. The Morgan fingerprint density at radius 2 is 1.79 bits per heavy atom. The maximum absolute atomic E-state index is 4.73. The molecule has 8 heteroatoms. The molecule has 0 aliphatic rings. The van der Waals surface area contributed by atoms with Gasteiger partial charge in [0.15, 0.2) is 5.65 Å². The fourth-order valence-corrected chi connectivity index (χ4v) is 4.45. The van der Waals surface area contributed by atoms with Gasteiger partial charge in [0.1, 0.15) is 10.7 Å². The normalized spacial score (nSPS) is 11.1. The molecule has 4 heterocycles. The molecule has 1 aromatic carbocycles. The molecule has 5 aromatic rings. The maximum atomic E-state index is 4.73. The summed E-state index contributed by atoms with van der Waals surface area (Å²) in [6.45, 7) is 0. The Morgan fingerprint density at radius 3 is 2.64 bits per heavy atom. The zero-order valence-corrected chi connectivity index (χ0v) is 16.3. The van der Waals surface area contributed by atoms with Crippen LogP contribution in [0, 0.1) is 0 Å². The Hall–Kier alpha value is -3.10. The standard InChI is InChI=1S/C20H14N6S2/c1-2-6-14(7-3-1)19-22-15(12-27-19)13-28-20-24-23-18-10-9-17(25-26(18)20)16-8-4-5-11-21-16/h1-12H,13H2. The molecule has 6 nitrogen and oxygen atoms in total. The van der Waals surface area contributed by atoms with Crippen molar-refractivity contribution in [3.05, 3.63) is 77.9 Å². The lowest BCUT2D eigenvalue weighted by atomic mass is 10.2. The smallest absolute Gasteiger partial charge is 0.212 e. The van der Waals surface area contributed by atoms with E-state index in [9.17, 15) is 0 Å². The van der Waals surface area contributed by atoms with Gasteiger partial charge in [-0.2, -0.15) is 9.61 Å². The third-order valence-corrected chi connectivity index (χ3v) is 5.98.